The predicted octanol–water partition coefficient (Wildman–Crippen LogP) is 9.87. The van der Waals surface area contributed by atoms with Crippen molar-refractivity contribution in [1.29, 1.82) is 0 Å². The van der Waals surface area contributed by atoms with Crippen LogP contribution in [0, 0.1) is 5.41 Å². The van der Waals surface area contributed by atoms with Gasteiger partial charge < -0.3 is 5.11 Å². The van der Waals surface area contributed by atoms with Crippen molar-refractivity contribution in [3.8, 4) is 0 Å². The minimum atomic E-state index is -0.766. The molecule has 0 heterocycles. The largest absolute Gasteiger partial charge is 0.478 e. The predicted molar refractivity (Wildman–Crippen MR) is 133 cm³/mol. The number of hydrogen-bond acceptors (Lipinski definition) is 1. The first-order valence-corrected chi connectivity index (χ1v) is 13.5. The molecule has 30 heavy (non-hydrogen) atoms. The van der Waals surface area contributed by atoms with Gasteiger partial charge in [0.15, 0.2) is 0 Å². The Labute approximate surface area is 189 Å². The van der Waals surface area contributed by atoms with Crippen LogP contribution in [0.3, 0.4) is 0 Å². The molecule has 0 aliphatic rings. The summed E-state index contributed by atoms with van der Waals surface area (Å²) in [5.74, 6) is -0.766. The number of hydrogen-bond donors (Lipinski definition) is 1. The minimum Gasteiger partial charge on any atom is -0.478 e. The lowest BCUT2D eigenvalue weighted by molar-refractivity contribution is -0.134. The molecule has 0 aromatic heterocycles. The molecule has 0 rings (SSSR count). The van der Waals surface area contributed by atoms with E-state index in [9.17, 15) is 9.90 Å². The smallest absolute Gasteiger partial charge is 0.331 e. The molecule has 2 heteroatoms. The standard InChI is InChI=1S/C28H54O2/c1-5-8-11-14-17-20-23-28(26(4)27(29)30,24-21-18-15-12-9-6-2)25-22-19-16-13-10-7-3/h4-25H2,1-3H3,(H,29,30). The fourth-order valence-electron chi connectivity index (χ4n) is 4.79. The molecule has 0 radical (unpaired) electrons. The summed E-state index contributed by atoms with van der Waals surface area (Å²) in [6, 6.07) is 0. The van der Waals surface area contributed by atoms with Crippen LogP contribution >= 0.6 is 0 Å². The summed E-state index contributed by atoms with van der Waals surface area (Å²) in [4.78, 5) is 12.0. The lowest BCUT2D eigenvalue weighted by Gasteiger charge is -2.35. The lowest BCUT2D eigenvalue weighted by atomic mass is 9.69. The topological polar surface area (TPSA) is 37.3 Å². The highest BCUT2D eigenvalue weighted by molar-refractivity contribution is 5.87. The number of unbranched alkanes of at least 4 members (excludes halogenated alkanes) is 15. The van der Waals surface area contributed by atoms with Gasteiger partial charge >= 0.3 is 5.97 Å². The van der Waals surface area contributed by atoms with Crippen LogP contribution < -0.4 is 0 Å². The fraction of sp³-hybridized carbons (Fsp3) is 0.893. The van der Waals surface area contributed by atoms with Gasteiger partial charge in [-0.2, -0.15) is 0 Å². The van der Waals surface area contributed by atoms with Crippen molar-refractivity contribution in [2.75, 3.05) is 0 Å². The molecule has 0 saturated heterocycles. The highest BCUT2D eigenvalue weighted by Crippen LogP contribution is 2.43. The minimum absolute atomic E-state index is 0.175. The maximum atomic E-state index is 12.0. The van der Waals surface area contributed by atoms with Gasteiger partial charge in [0.1, 0.15) is 0 Å². The van der Waals surface area contributed by atoms with E-state index in [4.69, 9.17) is 0 Å². The Morgan fingerprint density at radius 2 is 0.833 bits per heavy atom. The zero-order valence-electron chi connectivity index (χ0n) is 20.9. The Kier molecular flexibility index (Phi) is 19.6. The second-order valence-electron chi connectivity index (χ2n) is 9.62. The SMILES string of the molecule is C=C(C(=O)O)C(CCCCCCCC)(CCCCCCCC)CCCCCCCC. The molecule has 0 spiro atoms. The highest BCUT2D eigenvalue weighted by atomic mass is 16.4. The van der Waals surface area contributed by atoms with E-state index in [0.717, 1.165) is 38.5 Å². The first-order valence-electron chi connectivity index (χ1n) is 13.5. The number of rotatable bonds is 23. The average Bonchev–Trinajstić information content (AvgIpc) is 2.74. The van der Waals surface area contributed by atoms with Crippen LogP contribution in [-0.2, 0) is 4.79 Å². The maximum absolute atomic E-state index is 12.0. The van der Waals surface area contributed by atoms with Crippen molar-refractivity contribution in [2.45, 2.75) is 156 Å². The molecule has 1 N–H and O–H groups in total. The van der Waals surface area contributed by atoms with Crippen molar-refractivity contribution in [3.63, 3.8) is 0 Å². The number of carboxylic acids is 1. The normalized spacial score (nSPS) is 11.7. The van der Waals surface area contributed by atoms with Crippen molar-refractivity contribution in [2.24, 2.45) is 5.41 Å². The maximum Gasteiger partial charge on any atom is 0.331 e. The third-order valence-corrected chi connectivity index (χ3v) is 6.92. The van der Waals surface area contributed by atoms with E-state index < -0.39 is 5.97 Å². The van der Waals surface area contributed by atoms with Gasteiger partial charge in [-0.25, -0.2) is 4.79 Å². The summed E-state index contributed by atoms with van der Waals surface area (Å²) in [7, 11) is 0. The lowest BCUT2D eigenvalue weighted by Crippen LogP contribution is -2.28. The highest BCUT2D eigenvalue weighted by Gasteiger charge is 2.35. The van der Waals surface area contributed by atoms with Crippen molar-refractivity contribution in [3.05, 3.63) is 12.2 Å². The van der Waals surface area contributed by atoms with Crippen molar-refractivity contribution in [1.82, 2.24) is 0 Å². The van der Waals surface area contributed by atoms with E-state index in [1.165, 1.54) is 96.3 Å². The molecule has 0 aliphatic carbocycles. The summed E-state index contributed by atoms with van der Waals surface area (Å²) in [5, 5.41) is 9.84. The zero-order valence-corrected chi connectivity index (χ0v) is 20.9. The van der Waals surface area contributed by atoms with Crippen LogP contribution in [0.1, 0.15) is 156 Å². The van der Waals surface area contributed by atoms with Gasteiger partial charge in [-0.1, -0.05) is 143 Å². The Bertz CT molecular complexity index is 372. The Morgan fingerprint density at radius 3 is 1.10 bits per heavy atom. The van der Waals surface area contributed by atoms with Crippen LogP contribution in [0.2, 0.25) is 0 Å². The van der Waals surface area contributed by atoms with Gasteiger partial charge in [-0.15, -0.1) is 0 Å². The summed E-state index contributed by atoms with van der Waals surface area (Å²) in [6.45, 7) is 10.9. The van der Waals surface area contributed by atoms with Crippen LogP contribution in [0.25, 0.3) is 0 Å². The monoisotopic (exact) mass is 422 g/mol. The molecule has 0 unspecified atom stereocenters. The van der Waals surface area contributed by atoms with Crippen LogP contribution in [0.5, 0.6) is 0 Å². The van der Waals surface area contributed by atoms with Crippen LogP contribution in [0.15, 0.2) is 12.2 Å². The van der Waals surface area contributed by atoms with E-state index in [2.05, 4.69) is 27.4 Å². The van der Waals surface area contributed by atoms with E-state index >= 15 is 0 Å². The molecule has 0 amide bonds. The summed E-state index contributed by atoms with van der Waals surface area (Å²) >= 11 is 0. The van der Waals surface area contributed by atoms with E-state index in [1.807, 2.05) is 0 Å². The second-order valence-corrected chi connectivity index (χ2v) is 9.62. The van der Waals surface area contributed by atoms with Gasteiger partial charge in [-0.05, 0) is 19.3 Å². The zero-order chi connectivity index (χ0) is 22.5. The number of carboxylic acid groups (broad SMARTS) is 1. The second kappa shape index (κ2) is 20.1. The Morgan fingerprint density at radius 1 is 0.567 bits per heavy atom. The number of carbonyl (C=O) groups is 1. The molecule has 2 nitrogen and oxygen atoms in total. The Hall–Kier alpha value is -0.790. The summed E-state index contributed by atoms with van der Waals surface area (Å²) in [6.07, 6.45) is 25.8. The molecular formula is C28H54O2. The molecule has 0 fully saturated rings. The van der Waals surface area contributed by atoms with E-state index in [0.29, 0.717) is 5.57 Å². The van der Waals surface area contributed by atoms with Crippen molar-refractivity contribution < 1.29 is 9.90 Å². The average molecular weight is 423 g/mol. The first kappa shape index (κ1) is 29.2. The molecule has 0 aromatic carbocycles. The van der Waals surface area contributed by atoms with Crippen molar-refractivity contribution >= 4 is 5.97 Å². The molecular weight excluding hydrogens is 368 g/mol. The van der Waals surface area contributed by atoms with E-state index in [1.54, 1.807) is 0 Å². The third-order valence-electron chi connectivity index (χ3n) is 6.92. The molecule has 0 aromatic rings. The molecule has 0 atom stereocenters. The van der Waals surface area contributed by atoms with Gasteiger partial charge in [-0.3, -0.25) is 0 Å². The molecule has 178 valence electrons. The first-order chi connectivity index (χ1) is 14.5. The summed E-state index contributed by atoms with van der Waals surface area (Å²) in [5.41, 5.74) is 0.324. The van der Waals surface area contributed by atoms with Gasteiger partial charge in [0.2, 0.25) is 0 Å². The molecule has 0 bridgehead atoms. The van der Waals surface area contributed by atoms with Crippen LogP contribution in [0.4, 0.5) is 0 Å². The molecule has 0 saturated carbocycles. The number of aliphatic carboxylic acids is 1. The van der Waals surface area contributed by atoms with Crippen LogP contribution in [-0.4, -0.2) is 11.1 Å². The Balaban J connectivity index is 4.84. The summed E-state index contributed by atoms with van der Waals surface area (Å²) < 4.78 is 0. The van der Waals surface area contributed by atoms with Gasteiger partial charge in [0.25, 0.3) is 0 Å². The third kappa shape index (κ3) is 14.3. The van der Waals surface area contributed by atoms with E-state index in [-0.39, 0.29) is 5.41 Å². The molecule has 0 aliphatic heterocycles. The quantitative estimate of drug-likeness (QED) is 0.131. The fourth-order valence-corrected chi connectivity index (χ4v) is 4.79. The van der Waals surface area contributed by atoms with Gasteiger partial charge in [0, 0.05) is 11.0 Å². The van der Waals surface area contributed by atoms with Gasteiger partial charge in [0.05, 0.1) is 0 Å².